The van der Waals surface area contributed by atoms with E-state index in [2.05, 4.69) is 10.6 Å². The number of para-hydroxylation sites is 1. The van der Waals surface area contributed by atoms with Crippen molar-refractivity contribution in [2.75, 3.05) is 10.6 Å². The Morgan fingerprint density at radius 2 is 1.19 bits per heavy atom. The Morgan fingerprint density at radius 1 is 0.667 bits per heavy atom. The first-order valence-corrected chi connectivity index (χ1v) is 13.9. The quantitative estimate of drug-likeness (QED) is 0.123. The van der Waals surface area contributed by atoms with Crippen LogP contribution in [0.4, 0.5) is 11.4 Å². The van der Waals surface area contributed by atoms with Gasteiger partial charge in [-0.2, -0.15) is 5.10 Å². The van der Waals surface area contributed by atoms with Crippen molar-refractivity contribution >= 4 is 29.3 Å². The second-order valence-electron chi connectivity index (χ2n) is 10.7. The van der Waals surface area contributed by atoms with E-state index in [0.29, 0.717) is 22.6 Å². The molecule has 2 N–H and O–H groups in total. The van der Waals surface area contributed by atoms with Gasteiger partial charge in [0.1, 0.15) is 5.57 Å². The number of rotatable bonds is 7. The predicted octanol–water partition coefficient (Wildman–Crippen LogP) is 7.74. The Kier molecular flexibility index (Phi) is 8.16. The second-order valence-corrected chi connectivity index (χ2v) is 10.7. The number of hydrogen-bond acceptors (Lipinski definition) is 3. The molecule has 0 aliphatic heterocycles. The highest BCUT2D eigenvalue weighted by Crippen LogP contribution is 2.28. The highest BCUT2D eigenvalue weighted by molar-refractivity contribution is 6.29. The molecule has 0 unspecified atom stereocenters. The molecule has 0 saturated carbocycles. The van der Waals surface area contributed by atoms with Crippen LogP contribution in [0.1, 0.15) is 33.4 Å². The zero-order valence-electron chi connectivity index (χ0n) is 24.5. The fourth-order valence-electron chi connectivity index (χ4n) is 4.82. The number of aryl methyl sites for hydroxylation is 5. The first-order valence-electron chi connectivity index (χ1n) is 13.9. The molecule has 210 valence electrons. The molecule has 4 aromatic carbocycles. The summed E-state index contributed by atoms with van der Waals surface area (Å²) in [6, 6.07) is 29.3. The molecule has 0 aliphatic carbocycles. The molecule has 0 aliphatic rings. The average molecular weight is 555 g/mol. The largest absolute Gasteiger partial charge is 0.322 e. The van der Waals surface area contributed by atoms with E-state index in [4.69, 9.17) is 5.10 Å². The lowest BCUT2D eigenvalue weighted by atomic mass is 10.0. The summed E-state index contributed by atoms with van der Waals surface area (Å²) in [5.74, 6) is -1.02. The van der Waals surface area contributed by atoms with Gasteiger partial charge in [0.05, 0.1) is 11.4 Å². The summed E-state index contributed by atoms with van der Waals surface area (Å²) in [5, 5.41) is 10.8. The lowest BCUT2D eigenvalue weighted by Crippen LogP contribution is -2.26. The summed E-state index contributed by atoms with van der Waals surface area (Å²) in [6.45, 7) is 9.89. The summed E-state index contributed by atoms with van der Waals surface area (Å²) in [6.07, 6.45) is 3.47. The van der Waals surface area contributed by atoms with Crippen molar-refractivity contribution in [3.05, 3.63) is 136 Å². The molecule has 0 bridgehead atoms. The molecule has 0 saturated heterocycles. The highest BCUT2D eigenvalue weighted by atomic mass is 16.2. The molecule has 0 atom stereocenters. The van der Waals surface area contributed by atoms with Crippen LogP contribution in [0.2, 0.25) is 0 Å². The van der Waals surface area contributed by atoms with Gasteiger partial charge in [0.25, 0.3) is 11.8 Å². The minimum absolute atomic E-state index is 0.0316. The van der Waals surface area contributed by atoms with E-state index in [0.717, 1.165) is 39.1 Å². The van der Waals surface area contributed by atoms with Gasteiger partial charge in [0, 0.05) is 28.7 Å². The summed E-state index contributed by atoms with van der Waals surface area (Å²) in [7, 11) is 0. The number of aromatic nitrogens is 2. The van der Waals surface area contributed by atoms with Gasteiger partial charge < -0.3 is 10.6 Å². The molecule has 0 fully saturated rings. The van der Waals surface area contributed by atoms with Crippen LogP contribution in [0.3, 0.4) is 0 Å². The van der Waals surface area contributed by atoms with Crippen molar-refractivity contribution in [1.29, 1.82) is 0 Å². The molecule has 1 heterocycles. The maximum atomic E-state index is 13.8. The van der Waals surface area contributed by atoms with Crippen LogP contribution in [-0.2, 0) is 9.59 Å². The van der Waals surface area contributed by atoms with Gasteiger partial charge in [-0.3, -0.25) is 9.59 Å². The van der Waals surface area contributed by atoms with Gasteiger partial charge in [-0.25, -0.2) is 4.68 Å². The Labute approximate surface area is 246 Å². The molecule has 2 amide bonds. The SMILES string of the molecule is Cc1ccc(-c2nn(-c3ccccc3)cc2C=C(C(=O)Nc2ccc(C)cc2C)C(=O)Nc2ccc(C)cc2C)cc1. The standard InChI is InChI=1S/C36H34N4O2/c1-23-11-15-28(16-12-23)34-29(22-40(39-34)30-9-7-6-8-10-30)21-31(35(41)37-32-17-13-24(2)19-26(32)4)36(42)38-33-18-14-25(3)20-27(33)5/h6-22H,1-5H3,(H,37,41)(H,38,42). The topological polar surface area (TPSA) is 76.0 Å². The van der Waals surface area contributed by atoms with E-state index in [1.165, 1.54) is 0 Å². The smallest absolute Gasteiger partial charge is 0.261 e. The third kappa shape index (κ3) is 6.39. The van der Waals surface area contributed by atoms with E-state index in [-0.39, 0.29) is 5.57 Å². The van der Waals surface area contributed by atoms with Gasteiger partial charge in [0.15, 0.2) is 0 Å². The number of nitrogens with one attached hydrogen (secondary N) is 2. The summed E-state index contributed by atoms with van der Waals surface area (Å²) in [4.78, 5) is 27.7. The molecule has 1 aromatic heterocycles. The molecular weight excluding hydrogens is 520 g/mol. The van der Waals surface area contributed by atoms with Crippen molar-refractivity contribution < 1.29 is 9.59 Å². The monoisotopic (exact) mass is 554 g/mol. The number of hydrogen-bond donors (Lipinski definition) is 2. The first-order chi connectivity index (χ1) is 20.2. The average Bonchev–Trinajstić information content (AvgIpc) is 3.39. The highest BCUT2D eigenvalue weighted by Gasteiger charge is 2.22. The summed E-state index contributed by atoms with van der Waals surface area (Å²) >= 11 is 0. The number of amides is 2. The lowest BCUT2D eigenvalue weighted by Gasteiger charge is -2.14. The first kappa shape index (κ1) is 28.3. The van der Waals surface area contributed by atoms with Crippen molar-refractivity contribution in [2.45, 2.75) is 34.6 Å². The maximum absolute atomic E-state index is 13.8. The molecule has 42 heavy (non-hydrogen) atoms. The van der Waals surface area contributed by atoms with Gasteiger partial charge in [-0.15, -0.1) is 0 Å². The van der Waals surface area contributed by atoms with Crippen molar-refractivity contribution in [3.8, 4) is 16.9 Å². The second kappa shape index (κ2) is 12.1. The van der Waals surface area contributed by atoms with Crippen LogP contribution < -0.4 is 10.6 Å². The fourth-order valence-corrected chi connectivity index (χ4v) is 4.82. The predicted molar refractivity (Wildman–Crippen MR) is 171 cm³/mol. The van der Waals surface area contributed by atoms with Crippen LogP contribution in [0, 0.1) is 34.6 Å². The van der Waals surface area contributed by atoms with E-state index >= 15 is 0 Å². The maximum Gasteiger partial charge on any atom is 0.261 e. The Hall–Kier alpha value is -5.23. The summed E-state index contributed by atoms with van der Waals surface area (Å²) < 4.78 is 1.77. The number of carbonyl (C=O) groups excluding carboxylic acids is 2. The number of benzene rings is 4. The van der Waals surface area contributed by atoms with Crippen molar-refractivity contribution in [3.63, 3.8) is 0 Å². The van der Waals surface area contributed by atoms with Crippen LogP contribution >= 0.6 is 0 Å². The van der Waals surface area contributed by atoms with Gasteiger partial charge in [-0.05, 0) is 76.1 Å². The fraction of sp³-hybridized carbons (Fsp3) is 0.139. The third-order valence-corrected chi connectivity index (χ3v) is 7.14. The van der Waals surface area contributed by atoms with Crippen LogP contribution in [0.15, 0.2) is 103 Å². The Bertz CT molecular complexity index is 1730. The van der Waals surface area contributed by atoms with E-state index in [1.807, 2.05) is 132 Å². The van der Waals surface area contributed by atoms with E-state index < -0.39 is 11.8 Å². The zero-order chi connectivity index (χ0) is 29.8. The molecule has 0 radical (unpaired) electrons. The normalized spacial score (nSPS) is 10.7. The minimum atomic E-state index is -0.508. The summed E-state index contributed by atoms with van der Waals surface area (Å²) in [5.41, 5.74) is 9.44. The van der Waals surface area contributed by atoms with Gasteiger partial charge in [-0.1, -0.05) is 83.4 Å². The lowest BCUT2D eigenvalue weighted by molar-refractivity contribution is -0.118. The van der Waals surface area contributed by atoms with E-state index in [9.17, 15) is 9.59 Å². The number of nitrogens with zero attached hydrogens (tertiary/aromatic N) is 2. The molecule has 0 spiro atoms. The molecule has 6 nitrogen and oxygen atoms in total. The van der Waals surface area contributed by atoms with Crippen molar-refractivity contribution in [2.24, 2.45) is 0 Å². The number of carbonyl (C=O) groups is 2. The van der Waals surface area contributed by atoms with Gasteiger partial charge >= 0.3 is 0 Å². The van der Waals surface area contributed by atoms with Gasteiger partial charge in [0.2, 0.25) is 0 Å². The molecule has 5 rings (SSSR count). The molecule has 5 aromatic rings. The number of anilines is 2. The molecular formula is C36H34N4O2. The van der Waals surface area contributed by atoms with E-state index in [1.54, 1.807) is 10.8 Å². The van der Waals surface area contributed by atoms with Crippen molar-refractivity contribution in [1.82, 2.24) is 9.78 Å². The third-order valence-electron chi connectivity index (χ3n) is 7.14. The van der Waals surface area contributed by atoms with Crippen LogP contribution in [0.5, 0.6) is 0 Å². The minimum Gasteiger partial charge on any atom is -0.322 e. The Balaban J connectivity index is 1.62. The van der Waals surface area contributed by atoms with Crippen LogP contribution in [-0.4, -0.2) is 21.6 Å². The zero-order valence-corrected chi connectivity index (χ0v) is 24.5. The van der Waals surface area contributed by atoms with Crippen LogP contribution in [0.25, 0.3) is 23.0 Å². The molecule has 6 heteroatoms. The Morgan fingerprint density at radius 3 is 1.71 bits per heavy atom.